The van der Waals surface area contributed by atoms with Crippen molar-refractivity contribution in [1.29, 1.82) is 0 Å². The number of hydrogen-bond acceptors (Lipinski definition) is 5. The second-order valence-corrected chi connectivity index (χ2v) is 10.2. The first-order chi connectivity index (χ1) is 17.9. The molecule has 0 spiro atoms. The Labute approximate surface area is 216 Å². The summed E-state index contributed by atoms with van der Waals surface area (Å²) in [5.41, 5.74) is 6.98. The number of aromatic nitrogens is 4. The molecule has 2 aromatic carbocycles. The molecule has 0 saturated heterocycles. The Kier molecular flexibility index (Phi) is 5.78. The Bertz CT molecular complexity index is 1770. The predicted octanol–water partition coefficient (Wildman–Crippen LogP) is 6.14. The van der Waals surface area contributed by atoms with E-state index >= 15 is 0 Å². The highest BCUT2D eigenvalue weighted by atomic mass is 32.1. The Hall–Kier alpha value is -4.34. The minimum atomic E-state index is -0.204. The largest absolute Gasteiger partial charge is 0.353 e. The van der Waals surface area contributed by atoms with Crippen LogP contribution in [-0.2, 0) is 4.79 Å². The van der Waals surface area contributed by atoms with Gasteiger partial charge in [-0.25, -0.2) is 0 Å². The van der Waals surface area contributed by atoms with Gasteiger partial charge in [0, 0.05) is 38.5 Å². The van der Waals surface area contributed by atoms with Crippen LogP contribution >= 0.6 is 11.3 Å². The van der Waals surface area contributed by atoms with Gasteiger partial charge >= 0.3 is 0 Å². The maximum absolute atomic E-state index is 13.7. The lowest BCUT2D eigenvalue weighted by Crippen LogP contribution is -2.27. The van der Waals surface area contributed by atoms with E-state index in [2.05, 4.69) is 37.6 Å². The van der Waals surface area contributed by atoms with Crippen LogP contribution in [0.15, 0.2) is 73.1 Å². The van der Waals surface area contributed by atoms with Gasteiger partial charge in [0.05, 0.1) is 29.6 Å². The number of nitrogens with one attached hydrogen (secondary N) is 3. The van der Waals surface area contributed by atoms with E-state index in [0.717, 1.165) is 66.1 Å². The molecule has 6 aromatic rings. The molecule has 0 aliphatic rings. The summed E-state index contributed by atoms with van der Waals surface area (Å²) in [4.78, 5) is 22.7. The van der Waals surface area contributed by atoms with Crippen LogP contribution in [0.1, 0.15) is 0 Å². The molecule has 0 unspecified atom stereocenters. The van der Waals surface area contributed by atoms with Gasteiger partial charge in [0.2, 0.25) is 5.91 Å². The highest BCUT2D eigenvalue weighted by Crippen LogP contribution is 2.37. The van der Waals surface area contributed by atoms with Crippen LogP contribution in [0, 0.1) is 5.13 Å². The highest BCUT2D eigenvalue weighted by molar-refractivity contribution is 7.14. The number of thiophene rings is 1. The average molecular weight is 511 g/mol. The third-order valence-corrected chi connectivity index (χ3v) is 7.04. The highest BCUT2D eigenvalue weighted by Gasteiger charge is 2.15. The molecular weight excluding hydrogens is 487 g/mol. The molecule has 184 valence electrons. The van der Waals surface area contributed by atoms with Crippen molar-refractivity contribution in [2.24, 2.45) is 0 Å². The summed E-state index contributed by atoms with van der Waals surface area (Å²) in [7, 11) is 3.70. The van der Waals surface area contributed by atoms with Gasteiger partial charge in [0.25, 0.3) is 0 Å². The van der Waals surface area contributed by atoms with Crippen molar-refractivity contribution >= 4 is 44.7 Å². The van der Waals surface area contributed by atoms with E-state index in [-0.39, 0.29) is 11.0 Å². The minimum absolute atomic E-state index is 0.0972. The molecule has 0 fully saturated rings. The summed E-state index contributed by atoms with van der Waals surface area (Å²) in [6.07, 6.45) is 3.41. The number of anilines is 1. The second kappa shape index (κ2) is 9.27. The van der Waals surface area contributed by atoms with Crippen molar-refractivity contribution in [3.63, 3.8) is 0 Å². The molecule has 0 bridgehead atoms. The number of likely N-dealkylation sites (N-methyl/N-ethyl adjacent to an activating group) is 1. The Morgan fingerprint density at radius 1 is 1.00 bits per heavy atom. The number of aromatic amines is 2. The smallest absolute Gasteiger partial charge is 0.238 e. The summed E-state index contributed by atoms with van der Waals surface area (Å²) >= 11 is 1.14. The zero-order valence-corrected chi connectivity index (χ0v) is 21.0. The first-order valence-electron chi connectivity index (χ1n) is 11.7. The van der Waals surface area contributed by atoms with Gasteiger partial charge in [-0.15, -0.1) is 11.3 Å². The summed E-state index contributed by atoms with van der Waals surface area (Å²) in [6.45, 7) is 0.294. The van der Waals surface area contributed by atoms with E-state index < -0.39 is 0 Å². The molecule has 0 aliphatic heterocycles. The summed E-state index contributed by atoms with van der Waals surface area (Å²) in [5.74, 6) is -0.0972. The quantitative estimate of drug-likeness (QED) is 0.251. The molecule has 0 atom stereocenters. The molecule has 7 nitrogen and oxygen atoms in total. The van der Waals surface area contributed by atoms with Gasteiger partial charge in [0.15, 0.2) is 5.13 Å². The van der Waals surface area contributed by atoms with Crippen molar-refractivity contribution in [1.82, 2.24) is 25.1 Å². The Balaban J connectivity index is 1.38. The van der Waals surface area contributed by atoms with Crippen LogP contribution in [0.25, 0.3) is 54.8 Å². The van der Waals surface area contributed by atoms with E-state index in [1.54, 1.807) is 12.4 Å². The van der Waals surface area contributed by atoms with Crippen molar-refractivity contribution in [3.8, 4) is 33.0 Å². The number of H-pyrrole nitrogens is 2. The standard InChI is InChI=1S/C28H23FN6OS/c1-35(2)15-27(36)31-18-10-17(13-30-14-18)16-6-7-23-21(11-16)28(34-33-23)24-12-20-19(4-3-5-22(20)32-24)25-8-9-26(29)37-25/h3-14,32H,15H2,1-2H3,(H,31,36)(H,33,34). The molecule has 0 saturated carbocycles. The molecule has 0 aliphatic carbocycles. The minimum Gasteiger partial charge on any atom is -0.353 e. The van der Waals surface area contributed by atoms with E-state index in [4.69, 9.17) is 0 Å². The average Bonchev–Trinajstić information content (AvgIpc) is 3.60. The van der Waals surface area contributed by atoms with Gasteiger partial charge in [-0.05, 0) is 62.1 Å². The van der Waals surface area contributed by atoms with Gasteiger partial charge < -0.3 is 15.2 Å². The third kappa shape index (κ3) is 4.50. The zero-order valence-electron chi connectivity index (χ0n) is 20.2. The number of amides is 1. The Morgan fingerprint density at radius 2 is 1.89 bits per heavy atom. The SMILES string of the molecule is CN(C)CC(=O)Nc1cncc(-c2ccc3[nH]nc(-c4cc5c(-c6ccc(F)s6)cccc5[nH]4)c3c2)c1. The van der Waals surface area contributed by atoms with Crippen LogP contribution < -0.4 is 5.32 Å². The number of carbonyl (C=O) groups excluding carboxylic acids is 1. The number of pyridine rings is 1. The molecule has 9 heteroatoms. The molecule has 0 radical (unpaired) electrons. The number of hydrogen-bond donors (Lipinski definition) is 3. The molecule has 37 heavy (non-hydrogen) atoms. The van der Waals surface area contributed by atoms with E-state index in [1.165, 1.54) is 6.07 Å². The van der Waals surface area contributed by atoms with Gasteiger partial charge in [-0.2, -0.15) is 9.49 Å². The van der Waals surface area contributed by atoms with E-state index in [1.807, 2.05) is 61.5 Å². The first-order valence-corrected chi connectivity index (χ1v) is 12.5. The number of fused-ring (bicyclic) bond motifs is 2. The topological polar surface area (TPSA) is 89.7 Å². The van der Waals surface area contributed by atoms with Crippen LogP contribution in [0.4, 0.5) is 10.1 Å². The zero-order chi connectivity index (χ0) is 25.5. The van der Waals surface area contributed by atoms with E-state index in [0.29, 0.717) is 12.2 Å². The van der Waals surface area contributed by atoms with Crippen molar-refractivity contribution in [2.45, 2.75) is 0 Å². The Morgan fingerprint density at radius 3 is 2.70 bits per heavy atom. The van der Waals surface area contributed by atoms with E-state index in [9.17, 15) is 9.18 Å². The molecule has 6 rings (SSSR count). The fraction of sp³-hybridized carbons (Fsp3) is 0.107. The second-order valence-electron chi connectivity index (χ2n) is 9.13. The maximum atomic E-state index is 13.7. The predicted molar refractivity (Wildman–Crippen MR) is 147 cm³/mol. The lowest BCUT2D eigenvalue weighted by atomic mass is 10.0. The monoisotopic (exact) mass is 510 g/mol. The summed E-state index contributed by atoms with van der Waals surface area (Å²) in [6, 6.07) is 19.3. The fourth-order valence-corrected chi connectivity index (χ4v) is 5.28. The molecular formula is C28H23FN6OS. The fourth-order valence-electron chi connectivity index (χ4n) is 4.51. The number of halogens is 1. The van der Waals surface area contributed by atoms with Crippen LogP contribution in [0.5, 0.6) is 0 Å². The number of carbonyl (C=O) groups is 1. The summed E-state index contributed by atoms with van der Waals surface area (Å²) < 4.78 is 13.7. The van der Waals surface area contributed by atoms with Gasteiger partial charge in [0.1, 0.15) is 5.69 Å². The maximum Gasteiger partial charge on any atom is 0.238 e. The van der Waals surface area contributed by atoms with Crippen molar-refractivity contribution in [3.05, 3.63) is 78.2 Å². The van der Waals surface area contributed by atoms with Crippen molar-refractivity contribution < 1.29 is 9.18 Å². The molecule has 3 N–H and O–H groups in total. The third-order valence-electron chi connectivity index (χ3n) is 6.14. The number of rotatable bonds is 6. The van der Waals surface area contributed by atoms with Gasteiger partial charge in [-0.1, -0.05) is 18.2 Å². The van der Waals surface area contributed by atoms with Gasteiger partial charge in [-0.3, -0.25) is 14.9 Å². The molecule has 1 amide bonds. The molecule has 4 aromatic heterocycles. The number of nitrogens with zero attached hydrogens (tertiary/aromatic N) is 3. The summed E-state index contributed by atoms with van der Waals surface area (Å²) in [5, 5.41) is 12.4. The molecule has 4 heterocycles. The number of benzene rings is 2. The lowest BCUT2D eigenvalue weighted by Gasteiger charge is -2.11. The van der Waals surface area contributed by atoms with Crippen LogP contribution in [0.2, 0.25) is 0 Å². The van der Waals surface area contributed by atoms with Crippen LogP contribution in [-0.4, -0.2) is 51.6 Å². The first kappa shape index (κ1) is 23.1. The van der Waals surface area contributed by atoms with Crippen LogP contribution in [0.3, 0.4) is 0 Å². The van der Waals surface area contributed by atoms with Crippen molar-refractivity contribution in [2.75, 3.05) is 26.0 Å². The normalized spacial score (nSPS) is 11.6. The lowest BCUT2D eigenvalue weighted by molar-refractivity contribution is -0.116.